The molecular weight excluding hydrogens is 588 g/mol. The van der Waals surface area contributed by atoms with Crippen molar-refractivity contribution in [1.29, 1.82) is 0 Å². The van der Waals surface area contributed by atoms with Gasteiger partial charge in [-0.25, -0.2) is 4.68 Å². The van der Waals surface area contributed by atoms with Gasteiger partial charge in [0.25, 0.3) is 11.8 Å². The van der Waals surface area contributed by atoms with E-state index in [9.17, 15) is 9.59 Å². The quantitative estimate of drug-likeness (QED) is 0.284. The minimum Gasteiger partial charge on any atom is -0.341 e. The zero-order chi connectivity index (χ0) is 31.8. The van der Waals surface area contributed by atoms with Crippen LogP contribution in [0.2, 0.25) is 0 Å². The lowest BCUT2D eigenvalue weighted by Gasteiger charge is -2.50. The Morgan fingerprint density at radius 2 is 1.89 bits per heavy atom. The fourth-order valence-electron chi connectivity index (χ4n) is 7.73. The molecule has 242 valence electrons. The van der Waals surface area contributed by atoms with Crippen LogP contribution in [0.15, 0.2) is 29.2 Å². The predicted octanol–water partition coefficient (Wildman–Crippen LogP) is 2.42. The molecule has 15 heteroatoms. The van der Waals surface area contributed by atoms with Crippen molar-refractivity contribution in [3.05, 3.63) is 53.5 Å². The molecule has 2 amide bonds. The molecule has 8 rings (SSSR count). The van der Waals surface area contributed by atoms with E-state index in [1.165, 1.54) is 25.7 Å². The molecule has 2 saturated carbocycles. The number of carbonyl (C=O) groups is 2. The summed E-state index contributed by atoms with van der Waals surface area (Å²) in [5.41, 5.74) is 1.32. The van der Waals surface area contributed by atoms with E-state index in [1.807, 2.05) is 27.6 Å². The van der Waals surface area contributed by atoms with E-state index in [0.29, 0.717) is 61.7 Å². The van der Waals surface area contributed by atoms with E-state index in [-0.39, 0.29) is 40.5 Å². The highest BCUT2D eigenvalue weighted by Crippen LogP contribution is 2.55. The van der Waals surface area contributed by atoms with Crippen LogP contribution in [0.4, 0.5) is 0 Å². The summed E-state index contributed by atoms with van der Waals surface area (Å²) in [5, 5.41) is 25.3. The van der Waals surface area contributed by atoms with Gasteiger partial charge in [0.15, 0.2) is 11.6 Å². The number of hydrogen-bond donors (Lipinski definition) is 0. The maximum atomic E-state index is 13.8. The number of carbonyl (C=O) groups excluding carboxylic acids is 2. The first-order valence-electron chi connectivity index (χ1n) is 16.3. The molecule has 2 aliphatic carbocycles. The highest BCUT2D eigenvalue weighted by Gasteiger charge is 2.61. The van der Waals surface area contributed by atoms with Crippen molar-refractivity contribution in [3.63, 3.8) is 0 Å². The fraction of sp³-hybridized carbons (Fsp3) is 0.645. The molecule has 4 aliphatic rings. The predicted molar refractivity (Wildman–Crippen MR) is 161 cm³/mol. The maximum Gasteiger partial charge on any atom is 0.257 e. The van der Waals surface area contributed by atoms with Crippen LogP contribution in [0.3, 0.4) is 0 Å². The van der Waals surface area contributed by atoms with Gasteiger partial charge < -0.3 is 14.3 Å². The third-order valence-corrected chi connectivity index (χ3v) is 10.9. The van der Waals surface area contributed by atoms with Crippen LogP contribution in [-0.4, -0.2) is 97.7 Å². The van der Waals surface area contributed by atoms with E-state index >= 15 is 0 Å². The topological polar surface area (TPSA) is 159 Å². The number of aryl methyl sites for hydroxylation is 1. The standard InChI is InChI=1S/C31H40N12O3/c1-19(43-10-9-24(35-43)20-7-5-6-8-20)27-33-26(36-46-27)23-14-40(16-31(23)17-41(18-31)29(45)22-11-30(22,2)3)28(44)21-12-32-42(13-21)15-25-34-37-38-39(25)4/h9-10,12-13,19-20,22-23H,5-8,11,14-18H2,1-4H3/t19?,22-,23?/m1/s1. The van der Waals surface area contributed by atoms with Gasteiger partial charge in [-0.2, -0.15) is 15.2 Å². The normalized spacial score (nSPS) is 24.1. The van der Waals surface area contributed by atoms with Gasteiger partial charge in [-0.05, 0) is 48.1 Å². The molecule has 2 saturated heterocycles. The van der Waals surface area contributed by atoms with Gasteiger partial charge in [0.2, 0.25) is 5.91 Å². The largest absolute Gasteiger partial charge is 0.341 e. The molecule has 4 aromatic heterocycles. The number of amides is 2. The Labute approximate surface area is 266 Å². The minimum atomic E-state index is -0.351. The summed E-state index contributed by atoms with van der Waals surface area (Å²) in [7, 11) is 1.76. The number of likely N-dealkylation sites (tertiary alicyclic amines) is 2. The van der Waals surface area contributed by atoms with Crippen LogP contribution >= 0.6 is 0 Å². The van der Waals surface area contributed by atoms with Crippen LogP contribution in [0.1, 0.15) is 104 Å². The smallest absolute Gasteiger partial charge is 0.257 e. The molecular formula is C31H40N12O3. The second kappa shape index (κ2) is 10.6. The average molecular weight is 629 g/mol. The van der Waals surface area contributed by atoms with E-state index in [2.05, 4.69) is 45.7 Å². The van der Waals surface area contributed by atoms with Crippen LogP contribution in [0.5, 0.6) is 0 Å². The summed E-state index contributed by atoms with van der Waals surface area (Å²) in [6, 6.07) is 1.88. The van der Waals surface area contributed by atoms with Crippen molar-refractivity contribution >= 4 is 11.8 Å². The van der Waals surface area contributed by atoms with Gasteiger partial charge in [0.1, 0.15) is 12.6 Å². The van der Waals surface area contributed by atoms with Gasteiger partial charge in [0, 0.05) is 62.9 Å². The van der Waals surface area contributed by atoms with Crippen molar-refractivity contribution in [2.45, 2.75) is 77.3 Å². The molecule has 0 aromatic carbocycles. The molecule has 4 aromatic rings. The molecule has 6 heterocycles. The summed E-state index contributed by atoms with van der Waals surface area (Å²) in [6.07, 6.45) is 11.1. The van der Waals surface area contributed by atoms with Gasteiger partial charge in [-0.3, -0.25) is 19.0 Å². The van der Waals surface area contributed by atoms with Crippen molar-refractivity contribution in [2.75, 3.05) is 26.2 Å². The molecule has 2 aliphatic heterocycles. The highest BCUT2D eigenvalue weighted by molar-refractivity contribution is 5.94. The van der Waals surface area contributed by atoms with Gasteiger partial charge >= 0.3 is 0 Å². The molecule has 2 unspecified atom stereocenters. The van der Waals surface area contributed by atoms with Gasteiger partial charge in [-0.15, -0.1) is 5.10 Å². The van der Waals surface area contributed by atoms with E-state index < -0.39 is 0 Å². The van der Waals surface area contributed by atoms with Crippen LogP contribution < -0.4 is 0 Å². The summed E-state index contributed by atoms with van der Waals surface area (Å²) in [5.74, 6) is 2.19. The third-order valence-electron chi connectivity index (χ3n) is 10.9. The summed E-state index contributed by atoms with van der Waals surface area (Å²) >= 11 is 0. The van der Waals surface area contributed by atoms with Crippen molar-refractivity contribution < 1.29 is 14.1 Å². The summed E-state index contributed by atoms with van der Waals surface area (Å²) in [6.45, 7) is 8.69. The Morgan fingerprint density at radius 3 is 2.61 bits per heavy atom. The summed E-state index contributed by atoms with van der Waals surface area (Å²) < 4.78 is 11.0. The highest BCUT2D eigenvalue weighted by atomic mass is 16.5. The van der Waals surface area contributed by atoms with Crippen LogP contribution in [-0.2, 0) is 18.4 Å². The van der Waals surface area contributed by atoms with Crippen LogP contribution in [0, 0.1) is 16.7 Å². The third kappa shape index (κ3) is 4.90. The summed E-state index contributed by atoms with van der Waals surface area (Å²) in [4.78, 5) is 35.8. The van der Waals surface area contributed by atoms with Crippen molar-refractivity contribution in [2.24, 2.45) is 23.8 Å². The van der Waals surface area contributed by atoms with Crippen LogP contribution in [0.25, 0.3) is 0 Å². The number of hydrogen-bond acceptors (Lipinski definition) is 10. The Kier molecular flexibility index (Phi) is 6.66. The van der Waals surface area contributed by atoms with Gasteiger partial charge in [-0.1, -0.05) is 31.8 Å². The molecule has 1 spiro atoms. The zero-order valence-electron chi connectivity index (χ0n) is 26.8. The monoisotopic (exact) mass is 628 g/mol. The molecule has 4 fully saturated rings. The first-order valence-corrected chi connectivity index (χ1v) is 16.3. The first kappa shape index (κ1) is 29.0. The Balaban J connectivity index is 1.02. The lowest BCUT2D eigenvalue weighted by Crippen LogP contribution is -2.62. The number of nitrogens with zero attached hydrogens (tertiary/aromatic N) is 12. The van der Waals surface area contributed by atoms with E-state index in [1.54, 1.807) is 28.8 Å². The molecule has 46 heavy (non-hydrogen) atoms. The second-order valence-corrected chi connectivity index (χ2v) is 14.6. The van der Waals surface area contributed by atoms with Crippen molar-refractivity contribution in [1.82, 2.24) is 59.7 Å². The SMILES string of the molecule is CC(c1nc(C2CN(C(=O)c3cnn(Cc4nnnn4C)c3)CC23CN(C(=O)[C@H]2CC2(C)C)C3)no1)n1ccc(C2CCCC2)n1. The second-order valence-electron chi connectivity index (χ2n) is 14.6. The Hall–Kier alpha value is -4.43. The lowest BCUT2D eigenvalue weighted by atomic mass is 9.71. The number of aromatic nitrogens is 10. The Bertz CT molecular complexity index is 1770. The lowest BCUT2D eigenvalue weighted by molar-refractivity contribution is -0.145. The molecule has 0 N–H and O–H groups in total. The van der Waals surface area contributed by atoms with Gasteiger partial charge in [0.05, 0.1) is 23.4 Å². The first-order chi connectivity index (χ1) is 22.1. The molecule has 3 atom stereocenters. The zero-order valence-corrected chi connectivity index (χ0v) is 26.8. The maximum absolute atomic E-state index is 13.8. The minimum absolute atomic E-state index is 0.0565. The Morgan fingerprint density at radius 1 is 1.13 bits per heavy atom. The molecule has 0 bridgehead atoms. The van der Waals surface area contributed by atoms with E-state index in [4.69, 9.17) is 14.6 Å². The average Bonchev–Trinajstić information content (AvgIpc) is 3.79. The van der Waals surface area contributed by atoms with E-state index in [0.717, 1.165) is 12.1 Å². The van der Waals surface area contributed by atoms with Crippen molar-refractivity contribution in [3.8, 4) is 0 Å². The number of tetrazole rings is 1. The fourth-order valence-corrected chi connectivity index (χ4v) is 7.73. The molecule has 0 radical (unpaired) electrons. The number of rotatable bonds is 8. The molecule has 15 nitrogen and oxygen atoms in total.